The first kappa shape index (κ1) is 15.1. The molecule has 0 aliphatic heterocycles. The summed E-state index contributed by atoms with van der Waals surface area (Å²) in [5, 5.41) is 11.9. The molecule has 3 rings (SSSR count). The third-order valence-electron chi connectivity index (χ3n) is 3.77. The lowest BCUT2D eigenvalue weighted by molar-refractivity contribution is 0.0877. The monoisotopic (exact) mass is 302 g/mol. The highest BCUT2D eigenvalue weighted by Gasteiger charge is 2.05. The van der Waals surface area contributed by atoms with E-state index in [0.29, 0.717) is 18.9 Å². The van der Waals surface area contributed by atoms with E-state index in [1.807, 2.05) is 54.1 Å². The van der Waals surface area contributed by atoms with Gasteiger partial charge in [0, 0.05) is 18.5 Å². The Kier molecular flexibility index (Phi) is 4.56. The number of aromatic nitrogens is 1. The molecule has 0 saturated carbocycles. The van der Waals surface area contributed by atoms with Crippen molar-refractivity contribution in [1.29, 1.82) is 5.26 Å². The predicted molar refractivity (Wildman–Crippen MR) is 93.5 cm³/mol. The minimum Gasteiger partial charge on any atom is -0.361 e. The molecule has 0 aliphatic rings. The molecule has 0 N–H and O–H groups in total. The van der Waals surface area contributed by atoms with Gasteiger partial charge in [0.2, 0.25) is 0 Å². The average Bonchev–Trinajstić information content (AvgIpc) is 3.04. The summed E-state index contributed by atoms with van der Waals surface area (Å²) in [7, 11) is 0. The Balaban J connectivity index is 1.98. The molecule has 23 heavy (non-hydrogen) atoms. The van der Waals surface area contributed by atoms with Crippen molar-refractivity contribution in [1.82, 2.24) is 4.57 Å². The van der Waals surface area contributed by atoms with Crippen molar-refractivity contribution < 1.29 is 4.74 Å². The lowest BCUT2D eigenvalue weighted by Gasteiger charge is -2.07. The van der Waals surface area contributed by atoms with Crippen molar-refractivity contribution >= 4 is 22.4 Å². The summed E-state index contributed by atoms with van der Waals surface area (Å²) in [6, 6.07) is 20.5. The number of nitriles is 1. The van der Waals surface area contributed by atoms with E-state index in [4.69, 9.17) is 4.74 Å². The molecule has 1 heterocycles. The second-order valence-corrected chi connectivity index (χ2v) is 5.26. The molecule has 0 unspecified atom stereocenters. The molecule has 0 aliphatic carbocycles. The lowest BCUT2D eigenvalue weighted by Crippen LogP contribution is -2.02. The maximum Gasteiger partial charge on any atom is 0.122 e. The average molecular weight is 302 g/mol. The minimum absolute atomic E-state index is 0.492. The summed E-state index contributed by atoms with van der Waals surface area (Å²) in [6.45, 7) is 3.12. The van der Waals surface area contributed by atoms with E-state index in [2.05, 4.69) is 30.3 Å². The lowest BCUT2D eigenvalue weighted by atomic mass is 10.0. The third-order valence-corrected chi connectivity index (χ3v) is 3.77. The molecule has 0 radical (unpaired) electrons. The van der Waals surface area contributed by atoms with Gasteiger partial charge in [-0.05, 0) is 47.5 Å². The summed E-state index contributed by atoms with van der Waals surface area (Å²) >= 11 is 0. The van der Waals surface area contributed by atoms with E-state index < -0.39 is 0 Å². The van der Waals surface area contributed by atoms with Crippen molar-refractivity contribution in [2.24, 2.45) is 0 Å². The molecule has 0 bridgehead atoms. The molecule has 0 spiro atoms. The number of fused-ring (bicyclic) bond motifs is 1. The summed E-state index contributed by atoms with van der Waals surface area (Å²) < 4.78 is 7.44. The molecule has 3 aromatic rings. The van der Waals surface area contributed by atoms with Gasteiger partial charge in [-0.15, -0.1) is 0 Å². The standard InChI is InChI=1S/C20H18N2O/c1-2-23-15-22-11-5-8-20(22)13-19(14-21)18-10-9-16-6-3-4-7-17(16)12-18/h3-13H,2,15H2,1H3/b19-13+. The quantitative estimate of drug-likeness (QED) is 0.641. The van der Waals surface area contributed by atoms with Crippen LogP contribution in [0.2, 0.25) is 0 Å². The Hall–Kier alpha value is -2.83. The van der Waals surface area contributed by atoms with Gasteiger partial charge >= 0.3 is 0 Å². The number of ether oxygens (including phenoxy) is 1. The largest absolute Gasteiger partial charge is 0.361 e. The van der Waals surface area contributed by atoms with Gasteiger partial charge in [-0.25, -0.2) is 0 Å². The molecule has 2 aromatic carbocycles. The second kappa shape index (κ2) is 6.95. The Morgan fingerprint density at radius 1 is 1.13 bits per heavy atom. The summed E-state index contributed by atoms with van der Waals surface area (Å²) in [4.78, 5) is 0. The molecule has 3 heteroatoms. The van der Waals surface area contributed by atoms with Crippen LogP contribution in [-0.2, 0) is 11.5 Å². The zero-order valence-corrected chi connectivity index (χ0v) is 13.1. The van der Waals surface area contributed by atoms with Crippen molar-refractivity contribution in [2.75, 3.05) is 6.61 Å². The summed E-state index contributed by atoms with van der Waals surface area (Å²) in [6.07, 6.45) is 3.86. The highest BCUT2D eigenvalue weighted by Crippen LogP contribution is 2.23. The molecule has 3 nitrogen and oxygen atoms in total. The van der Waals surface area contributed by atoms with Gasteiger partial charge in [-0.1, -0.05) is 36.4 Å². The van der Waals surface area contributed by atoms with Gasteiger partial charge < -0.3 is 9.30 Å². The fourth-order valence-corrected chi connectivity index (χ4v) is 2.55. The number of rotatable bonds is 5. The molecule has 0 fully saturated rings. The zero-order valence-electron chi connectivity index (χ0n) is 13.1. The van der Waals surface area contributed by atoms with Crippen LogP contribution < -0.4 is 0 Å². The Bertz CT molecular complexity index is 884. The van der Waals surface area contributed by atoms with Crippen LogP contribution in [0.4, 0.5) is 0 Å². The minimum atomic E-state index is 0.492. The second-order valence-electron chi connectivity index (χ2n) is 5.26. The van der Waals surface area contributed by atoms with Crippen LogP contribution in [0.1, 0.15) is 18.2 Å². The predicted octanol–water partition coefficient (Wildman–Crippen LogP) is 4.70. The van der Waals surface area contributed by atoms with Crippen LogP contribution in [0, 0.1) is 11.3 Å². The number of nitrogens with zero attached hydrogens (tertiary/aromatic N) is 2. The smallest absolute Gasteiger partial charge is 0.122 e. The molecule has 0 saturated heterocycles. The molecule has 0 amide bonds. The Morgan fingerprint density at radius 2 is 1.96 bits per heavy atom. The van der Waals surface area contributed by atoms with E-state index in [0.717, 1.165) is 16.6 Å². The first-order valence-corrected chi connectivity index (χ1v) is 7.65. The van der Waals surface area contributed by atoms with E-state index in [1.165, 1.54) is 5.39 Å². The first-order chi connectivity index (χ1) is 11.3. The number of hydrogen-bond donors (Lipinski definition) is 0. The summed E-state index contributed by atoms with van der Waals surface area (Å²) in [5.41, 5.74) is 2.53. The van der Waals surface area contributed by atoms with Crippen molar-refractivity contribution in [3.8, 4) is 6.07 Å². The molecular formula is C20H18N2O. The normalized spacial score (nSPS) is 11.6. The van der Waals surface area contributed by atoms with Gasteiger partial charge in [0.05, 0.1) is 11.6 Å². The molecular weight excluding hydrogens is 284 g/mol. The molecule has 1 aromatic heterocycles. The topological polar surface area (TPSA) is 38.0 Å². The van der Waals surface area contributed by atoms with E-state index in [-0.39, 0.29) is 0 Å². The third kappa shape index (κ3) is 3.33. The van der Waals surface area contributed by atoms with Crippen LogP contribution in [0.5, 0.6) is 0 Å². The van der Waals surface area contributed by atoms with E-state index >= 15 is 0 Å². The maximum atomic E-state index is 9.56. The van der Waals surface area contributed by atoms with Crippen molar-refractivity contribution in [2.45, 2.75) is 13.7 Å². The van der Waals surface area contributed by atoms with E-state index in [9.17, 15) is 5.26 Å². The highest BCUT2D eigenvalue weighted by molar-refractivity contribution is 5.93. The Morgan fingerprint density at radius 3 is 2.74 bits per heavy atom. The highest BCUT2D eigenvalue weighted by atomic mass is 16.5. The van der Waals surface area contributed by atoms with Crippen LogP contribution in [-0.4, -0.2) is 11.2 Å². The van der Waals surface area contributed by atoms with Crippen LogP contribution >= 0.6 is 0 Å². The molecule has 114 valence electrons. The number of allylic oxidation sites excluding steroid dienone is 1. The zero-order chi connectivity index (χ0) is 16.1. The van der Waals surface area contributed by atoms with Gasteiger partial charge in [-0.3, -0.25) is 0 Å². The van der Waals surface area contributed by atoms with Crippen LogP contribution in [0.15, 0.2) is 60.8 Å². The number of benzene rings is 2. The van der Waals surface area contributed by atoms with Gasteiger partial charge in [0.25, 0.3) is 0 Å². The fraction of sp³-hybridized carbons (Fsp3) is 0.150. The van der Waals surface area contributed by atoms with E-state index in [1.54, 1.807) is 0 Å². The first-order valence-electron chi connectivity index (χ1n) is 7.65. The van der Waals surface area contributed by atoms with Gasteiger partial charge in [0.15, 0.2) is 0 Å². The van der Waals surface area contributed by atoms with Crippen molar-refractivity contribution in [3.63, 3.8) is 0 Å². The summed E-state index contributed by atoms with van der Waals surface area (Å²) in [5.74, 6) is 0. The maximum absolute atomic E-state index is 9.56. The fourth-order valence-electron chi connectivity index (χ4n) is 2.55. The molecule has 0 atom stereocenters. The number of hydrogen-bond acceptors (Lipinski definition) is 2. The van der Waals surface area contributed by atoms with Gasteiger partial charge in [-0.2, -0.15) is 5.26 Å². The van der Waals surface area contributed by atoms with Crippen LogP contribution in [0.3, 0.4) is 0 Å². The van der Waals surface area contributed by atoms with Crippen molar-refractivity contribution in [3.05, 3.63) is 72.1 Å². The van der Waals surface area contributed by atoms with Gasteiger partial charge in [0.1, 0.15) is 6.73 Å². The Labute approximate surface area is 136 Å². The SMILES string of the molecule is CCOCn1cccc1/C=C(\C#N)c1ccc2ccccc2c1. The van der Waals surface area contributed by atoms with Crippen LogP contribution in [0.25, 0.3) is 22.4 Å².